The standard InChI is InChI=1S/C14H17N/c1-4-10-15(11-5-1)14-9-8-12-6-2-3-7-13(12)14/h2-3,6-9,13H,1,4-5,10-11H2. The summed E-state index contributed by atoms with van der Waals surface area (Å²) >= 11 is 0. The van der Waals surface area contributed by atoms with E-state index in [4.69, 9.17) is 0 Å². The first-order valence-electron chi connectivity index (χ1n) is 5.97. The highest BCUT2D eigenvalue weighted by Gasteiger charge is 2.25. The van der Waals surface area contributed by atoms with Crippen molar-refractivity contribution in [3.05, 3.63) is 47.7 Å². The first-order valence-corrected chi connectivity index (χ1v) is 5.97. The van der Waals surface area contributed by atoms with E-state index in [1.807, 2.05) is 0 Å². The molecule has 0 spiro atoms. The Balaban J connectivity index is 1.79. The number of fused-ring (bicyclic) bond motifs is 1. The lowest BCUT2D eigenvalue weighted by Gasteiger charge is -2.33. The maximum atomic E-state index is 2.57. The van der Waals surface area contributed by atoms with Crippen molar-refractivity contribution >= 4 is 0 Å². The molecule has 15 heavy (non-hydrogen) atoms. The van der Waals surface area contributed by atoms with Gasteiger partial charge in [-0.1, -0.05) is 30.4 Å². The van der Waals surface area contributed by atoms with Crippen LogP contribution >= 0.6 is 0 Å². The van der Waals surface area contributed by atoms with E-state index < -0.39 is 0 Å². The first kappa shape index (κ1) is 9.02. The predicted molar refractivity (Wildman–Crippen MR) is 63.4 cm³/mol. The third-order valence-electron chi connectivity index (χ3n) is 3.55. The highest BCUT2D eigenvalue weighted by atomic mass is 15.1. The number of hydrogen-bond donors (Lipinski definition) is 0. The van der Waals surface area contributed by atoms with E-state index in [1.165, 1.54) is 43.6 Å². The minimum absolute atomic E-state index is 0.549. The van der Waals surface area contributed by atoms with Gasteiger partial charge in [0.05, 0.1) is 0 Å². The van der Waals surface area contributed by atoms with Gasteiger partial charge in [0.1, 0.15) is 0 Å². The number of hydrogen-bond acceptors (Lipinski definition) is 1. The van der Waals surface area contributed by atoms with Gasteiger partial charge in [0.2, 0.25) is 0 Å². The molecule has 0 amide bonds. The van der Waals surface area contributed by atoms with E-state index in [2.05, 4.69) is 41.4 Å². The molecule has 1 saturated heterocycles. The van der Waals surface area contributed by atoms with Crippen LogP contribution in [0.3, 0.4) is 0 Å². The molecule has 0 aromatic carbocycles. The van der Waals surface area contributed by atoms with E-state index in [0.29, 0.717) is 5.92 Å². The van der Waals surface area contributed by atoms with Crippen LogP contribution in [0, 0.1) is 5.92 Å². The molecular weight excluding hydrogens is 182 g/mol. The average molecular weight is 199 g/mol. The van der Waals surface area contributed by atoms with Gasteiger partial charge in [-0.3, -0.25) is 0 Å². The predicted octanol–water partition coefficient (Wildman–Crippen LogP) is 3.04. The van der Waals surface area contributed by atoms with Crippen LogP contribution in [-0.4, -0.2) is 18.0 Å². The molecule has 78 valence electrons. The summed E-state index contributed by atoms with van der Waals surface area (Å²) in [6, 6.07) is 0. The molecule has 0 bridgehead atoms. The molecule has 1 heterocycles. The van der Waals surface area contributed by atoms with Crippen molar-refractivity contribution in [3.8, 4) is 0 Å². The number of rotatable bonds is 1. The van der Waals surface area contributed by atoms with Gasteiger partial charge in [-0.2, -0.15) is 0 Å². The lowest BCUT2D eigenvalue weighted by atomic mass is 9.94. The number of allylic oxidation sites excluding steroid dienone is 6. The summed E-state index contributed by atoms with van der Waals surface area (Å²) in [6.45, 7) is 2.50. The zero-order chi connectivity index (χ0) is 10.1. The lowest BCUT2D eigenvalue weighted by Crippen LogP contribution is -2.31. The second kappa shape index (κ2) is 3.73. The van der Waals surface area contributed by atoms with Crippen LogP contribution in [0.4, 0.5) is 0 Å². The zero-order valence-electron chi connectivity index (χ0n) is 9.02. The Morgan fingerprint density at radius 1 is 1.00 bits per heavy atom. The highest BCUT2D eigenvalue weighted by molar-refractivity contribution is 5.47. The van der Waals surface area contributed by atoms with Crippen LogP contribution in [0.5, 0.6) is 0 Å². The van der Waals surface area contributed by atoms with E-state index in [0.717, 1.165) is 0 Å². The van der Waals surface area contributed by atoms with Crippen molar-refractivity contribution < 1.29 is 0 Å². The van der Waals surface area contributed by atoms with Gasteiger partial charge in [-0.25, -0.2) is 0 Å². The summed E-state index contributed by atoms with van der Waals surface area (Å²) in [6.07, 6.45) is 17.6. The Morgan fingerprint density at radius 2 is 1.87 bits per heavy atom. The summed E-state index contributed by atoms with van der Waals surface area (Å²) in [5.74, 6) is 0.549. The largest absolute Gasteiger partial charge is 0.374 e. The fourth-order valence-corrected chi connectivity index (χ4v) is 2.72. The molecule has 1 heteroatoms. The van der Waals surface area contributed by atoms with Crippen molar-refractivity contribution in [1.29, 1.82) is 0 Å². The molecule has 3 rings (SSSR count). The first-order chi connectivity index (χ1) is 7.45. The zero-order valence-corrected chi connectivity index (χ0v) is 9.02. The number of likely N-dealkylation sites (tertiary alicyclic amines) is 1. The average Bonchev–Trinajstić information content (AvgIpc) is 2.74. The Morgan fingerprint density at radius 3 is 2.73 bits per heavy atom. The van der Waals surface area contributed by atoms with Gasteiger partial charge in [0.15, 0.2) is 0 Å². The lowest BCUT2D eigenvalue weighted by molar-refractivity contribution is 0.272. The van der Waals surface area contributed by atoms with E-state index in [1.54, 1.807) is 0 Å². The summed E-state index contributed by atoms with van der Waals surface area (Å²) < 4.78 is 0. The van der Waals surface area contributed by atoms with Crippen molar-refractivity contribution in [1.82, 2.24) is 4.90 Å². The molecule has 2 aliphatic carbocycles. The molecular formula is C14H17N. The summed E-state index contributed by atoms with van der Waals surface area (Å²) in [4.78, 5) is 2.57. The molecule has 1 unspecified atom stereocenters. The van der Waals surface area contributed by atoms with Gasteiger partial charge in [0, 0.05) is 24.7 Å². The maximum Gasteiger partial charge on any atom is 0.0422 e. The van der Waals surface area contributed by atoms with Crippen molar-refractivity contribution in [2.45, 2.75) is 19.3 Å². The van der Waals surface area contributed by atoms with Gasteiger partial charge >= 0.3 is 0 Å². The molecule has 1 aliphatic heterocycles. The van der Waals surface area contributed by atoms with Gasteiger partial charge in [-0.05, 0) is 30.9 Å². The normalized spacial score (nSPS) is 28.8. The van der Waals surface area contributed by atoms with Crippen LogP contribution in [0.15, 0.2) is 47.7 Å². The molecule has 3 aliphatic rings. The number of piperidine rings is 1. The molecule has 1 atom stereocenters. The summed E-state index contributed by atoms with van der Waals surface area (Å²) in [5.41, 5.74) is 2.98. The SMILES string of the molecule is C1=CC2=CC=C(N3CCCCC3)C2C=C1. The van der Waals surface area contributed by atoms with E-state index in [9.17, 15) is 0 Å². The molecule has 0 N–H and O–H groups in total. The van der Waals surface area contributed by atoms with Gasteiger partial charge in [0.25, 0.3) is 0 Å². The van der Waals surface area contributed by atoms with Gasteiger partial charge < -0.3 is 4.90 Å². The van der Waals surface area contributed by atoms with Crippen LogP contribution in [0.25, 0.3) is 0 Å². The fraction of sp³-hybridized carbons (Fsp3) is 0.429. The van der Waals surface area contributed by atoms with Crippen LogP contribution in [0.2, 0.25) is 0 Å². The van der Waals surface area contributed by atoms with Crippen LogP contribution in [-0.2, 0) is 0 Å². The topological polar surface area (TPSA) is 3.24 Å². The second-order valence-electron chi connectivity index (χ2n) is 4.53. The molecule has 0 radical (unpaired) electrons. The smallest absolute Gasteiger partial charge is 0.0422 e. The fourth-order valence-electron chi connectivity index (χ4n) is 2.72. The number of nitrogens with zero attached hydrogens (tertiary/aromatic N) is 1. The van der Waals surface area contributed by atoms with Crippen LogP contribution in [0.1, 0.15) is 19.3 Å². The van der Waals surface area contributed by atoms with E-state index in [-0.39, 0.29) is 0 Å². The Bertz CT molecular complexity index is 365. The quantitative estimate of drug-likeness (QED) is 0.627. The molecule has 0 aromatic heterocycles. The van der Waals surface area contributed by atoms with Crippen molar-refractivity contribution in [2.75, 3.05) is 13.1 Å². The molecule has 0 saturated carbocycles. The van der Waals surface area contributed by atoms with Crippen molar-refractivity contribution in [2.24, 2.45) is 5.92 Å². The third-order valence-corrected chi connectivity index (χ3v) is 3.55. The molecule has 1 fully saturated rings. The van der Waals surface area contributed by atoms with Gasteiger partial charge in [-0.15, -0.1) is 0 Å². The highest BCUT2D eigenvalue weighted by Crippen LogP contribution is 2.34. The second-order valence-corrected chi connectivity index (χ2v) is 4.53. The Kier molecular flexibility index (Phi) is 2.24. The maximum absolute atomic E-state index is 2.57. The summed E-state index contributed by atoms with van der Waals surface area (Å²) in [7, 11) is 0. The Hall–Kier alpha value is -1.24. The molecule has 0 aromatic rings. The third kappa shape index (κ3) is 1.56. The van der Waals surface area contributed by atoms with Crippen LogP contribution < -0.4 is 0 Å². The van der Waals surface area contributed by atoms with E-state index >= 15 is 0 Å². The molecule has 1 nitrogen and oxygen atoms in total. The minimum atomic E-state index is 0.549. The minimum Gasteiger partial charge on any atom is -0.374 e. The Labute approximate surface area is 91.5 Å². The monoisotopic (exact) mass is 199 g/mol. The van der Waals surface area contributed by atoms with Crippen molar-refractivity contribution in [3.63, 3.8) is 0 Å². The summed E-state index contributed by atoms with van der Waals surface area (Å²) in [5, 5.41) is 0.